The van der Waals surface area contributed by atoms with E-state index in [4.69, 9.17) is 6.58 Å². The van der Waals surface area contributed by atoms with Gasteiger partial charge in [-0.2, -0.15) is 0 Å². The maximum absolute atomic E-state index is 9.78. The van der Waals surface area contributed by atoms with E-state index in [9.17, 15) is 4.79 Å². The highest BCUT2D eigenvalue weighted by Gasteiger charge is 2.04. The average Bonchev–Trinajstić information content (AvgIpc) is 1.89. The molecule has 1 atom stereocenters. The molecule has 0 spiro atoms. The third kappa shape index (κ3) is 3.07. The standard InChI is InChI=1S/C8H11O2/c1-4-5-7(2)8(3)10-6-9/h3-4,6-7H,1,5H2,2H3/t7-/m1/s1. The molecular formula is C8H11O2. The van der Waals surface area contributed by atoms with Gasteiger partial charge < -0.3 is 4.74 Å². The molecule has 0 aromatic rings. The van der Waals surface area contributed by atoms with Crippen molar-refractivity contribution in [1.29, 1.82) is 0 Å². The Bertz CT molecular complexity index is 138. The second kappa shape index (κ2) is 4.79. The lowest BCUT2D eigenvalue weighted by atomic mass is 10.1. The Hall–Kier alpha value is -1.05. The minimum atomic E-state index is 0.0581. The Labute approximate surface area is 61.2 Å². The number of hydrogen-bond acceptors (Lipinski definition) is 2. The summed E-state index contributed by atoms with van der Waals surface area (Å²) in [6.45, 7) is 11.0. The van der Waals surface area contributed by atoms with Crippen LogP contribution in [-0.4, -0.2) is 6.47 Å². The van der Waals surface area contributed by atoms with E-state index in [1.807, 2.05) is 6.92 Å². The normalized spacial score (nSPS) is 11.7. The summed E-state index contributed by atoms with van der Waals surface area (Å²) in [6.07, 6.45) is 2.45. The van der Waals surface area contributed by atoms with Gasteiger partial charge in [0.25, 0.3) is 6.47 Å². The first-order valence-electron chi connectivity index (χ1n) is 3.05. The van der Waals surface area contributed by atoms with Gasteiger partial charge in [0.2, 0.25) is 0 Å². The predicted molar refractivity (Wildman–Crippen MR) is 38.9 cm³/mol. The minimum absolute atomic E-state index is 0.0581. The number of carbonyl (C=O) groups is 1. The van der Waals surface area contributed by atoms with E-state index in [1.54, 1.807) is 6.08 Å². The van der Waals surface area contributed by atoms with Gasteiger partial charge in [0.15, 0.2) is 0 Å². The third-order valence-electron chi connectivity index (χ3n) is 1.19. The van der Waals surface area contributed by atoms with Crippen molar-refractivity contribution in [3.05, 3.63) is 25.0 Å². The second-order valence-corrected chi connectivity index (χ2v) is 2.04. The van der Waals surface area contributed by atoms with Gasteiger partial charge in [0.05, 0.1) is 0 Å². The first-order valence-corrected chi connectivity index (χ1v) is 3.05. The molecule has 0 bridgehead atoms. The monoisotopic (exact) mass is 139 g/mol. The van der Waals surface area contributed by atoms with Crippen LogP contribution in [0.5, 0.6) is 0 Å². The van der Waals surface area contributed by atoms with Crippen molar-refractivity contribution >= 4 is 6.47 Å². The molecule has 0 aromatic heterocycles. The van der Waals surface area contributed by atoms with Crippen LogP contribution in [-0.2, 0) is 9.53 Å². The fraction of sp³-hybridized carbons (Fsp3) is 0.375. The van der Waals surface area contributed by atoms with Crippen LogP contribution < -0.4 is 0 Å². The van der Waals surface area contributed by atoms with Crippen LogP contribution >= 0.6 is 0 Å². The summed E-state index contributed by atoms with van der Waals surface area (Å²) in [6, 6.07) is 0. The summed E-state index contributed by atoms with van der Waals surface area (Å²) in [5.74, 6) is 0.303. The summed E-state index contributed by atoms with van der Waals surface area (Å²) in [5, 5.41) is 0. The van der Waals surface area contributed by atoms with Crippen LogP contribution in [0.3, 0.4) is 0 Å². The summed E-state index contributed by atoms with van der Waals surface area (Å²) in [7, 11) is 0. The fourth-order valence-electron chi connectivity index (χ4n) is 0.538. The van der Waals surface area contributed by atoms with Crippen LogP contribution in [0.4, 0.5) is 0 Å². The van der Waals surface area contributed by atoms with E-state index in [1.165, 1.54) is 0 Å². The van der Waals surface area contributed by atoms with Crippen molar-refractivity contribution < 1.29 is 9.53 Å². The van der Waals surface area contributed by atoms with Crippen LogP contribution in [0.25, 0.3) is 0 Å². The van der Waals surface area contributed by atoms with Crippen LogP contribution in [0.15, 0.2) is 18.4 Å². The summed E-state index contributed by atoms with van der Waals surface area (Å²) in [4.78, 5) is 9.78. The Morgan fingerprint density at radius 2 is 2.50 bits per heavy atom. The molecule has 0 aliphatic heterocycles. The van der Waals surface area contributed by atoms with Crippen molar-refractivity contribution in [3.63, 3.8) is 0 Å². The van der Waals surface area contributed by atoms with E-state index >= 15 is 0 Å². The van der Waals surface area contributed by atoms with Gasteiger partial charge >= 0.3 is 0 Å². The first kappa shape index (κ1) is 8.95. The van der Waals surface area contributed by atoms with Crippen LogP contribution in [0, 0.1) is 12.5 Å². The minimum Gasteiger partial charge on any atom is -0.433 e. The summed E-state index contributed by atoms with van der Waals surface area (Å²) < 4.78 is 4.42. The molecule has 0 N–H and O–H groups in total. The van der Waals surface area contributed by atoms with Crippen LogP contribution in [0.1, 0.15) is 13.3 Å². The van der Waals surface area contributed by atoms with Gasteiger partial charge in [0.1, 0.15) is 5.76 Å². The number of carbonyl (C=O) groups excluding carboxylic acids is 1. The molecule has 2 nitrogen and oxygen atoms in total. The lowest BCUT2D eigenvalue weighted by Gasteiger charge is -2.08. The molecule has 0 saturated heterocycles. The number of allylic oxidation sites excluding steroid dienone is 2. The zero-order chi connectivity index (χ0) is 7.98. The quantitative estimate of drug-likeness (QED) is 0.329. The molecule has 10 heavy (non-hydrogen) atoms. The zero-order valence-electron chi connectivity index (χ0n) is 6.04. The smallest absolute Gasteiger partial charge is 0.298 e. The van der Waals surface area contributed by atoms with Gasteiger partial charge in [-0.25, -0.2) is 0 Å². The molecule has 0 aromatic carbocycles. The molecule has 0 unspecified atom stereocenters. The largest absolute Gasteiger partial charge is 0.433 e. The number of hydrogen-bond donors (Lipinski definition) is 0. The molecule has 0 amide bonds. The van der Waals surface area contributed by atoms with Crippen molar-refractivity contribution in [2.24, 2.45) is 5.92 Å². The van der Waals surface area contributed by atoms with Crippen molar-refractivity contribution in [2.45, 2.75) is 13.3 Å². The molecule has 55 valence electrons. The van der Waals surface area contributed by atoms with Gasteiger partial charge in [0, 0.05) is 5.92 Å². The molecule has 2 heteroatoms. The maximum atomic E-state index is 9.78. The van der Waals surface area contributed by atoms with Gasteiger partial charge in [-0.3, -0.25) is 4.79 Å². The molecule has 0 heterocycles. The van der Waals surface area contributed by atoms with Crippen molar-refractivity contribution in [1.82, 2.24) is 0 Å². The maximum Gasteiger partial charge on any atom is 0.298 e. The number of rotatable bonds is 5. The zero-order valence-corrected chi connectivity index (χ0v) is 6.04. The average molecular weight is 139 g/mol. The molecular weight excluding hydrogens is 128 g/mol. The topological polar surface area (TPSA) is 26.3 Å². The molecule has 0 aliphatic rings. The Morgan fingerprint density at radius 3 is 2.90 bits per heavy atom. The molecule has 0 fully saturated rings. The second-order valence-electron chi connectivity index (χ2n) is 2.04. The number of ether oxygens (including phenoxy) is 1. The Balaban J connectivity index is 3.68. The van der Waals surface area contributed by atoms with E-state index in [-0.39, 0.29) is 11.7 Å². The van der Waals surface area contributed by atoms with E-state index in [0.717, 1.165) is 6.42 Å². The highest BCUT2D eigenvalue weighted by molar-refractivity contribution is 5.39. The fourth-order valence-corrected chi connectivity index (χ4v) is 0.538. The van der Waals surface area contributed by atoms with Crippen LogP contribution in [0.2, 0.25) is 0 Å². The van der Waals surface area contributed by atoms with Gasteiger partial charge in [-0.15, -0.1) is 6.58 Å². The van der Waals surface area contributed by atoms with E-state index in [2.05, 4.69) is 11.3 Å². The Morgan fingerprint density at radius 1 is 1.90 bits per heavy atom. The molecule has 0 rings (SSSR count). The first-order chi connectivity index (χ1) is 4.72. The molecule has 0 saturated carbocycles. The lowest BCUT2D eigenvalue weighted by molar-refractivity contribution is -0.125. The van der Waals surface area contributed by atoms with E-state index in [0.29, 0.717) is 6.47 Å². The highest BCUT2D eigenvalue weighted by atomic mass is 16.5. The molecule has 1 radical (unpaired) electrons. The van der Waals surface area contributed by atoms with Gasteiger partial charge in [-0.1, -0.05) is 13.0 Å². The predicted octanol–water partition coefficient (Wildman–Crippen LogP) is 1.69. The summed E-state index contributed by atoms with van der Waals surface area (Å²) >= 11 is 0. The SMILES string of the molecule is [CH]=C(OC=O)[C@H](C)CC=C. The third-order valence-corrected chi connectivity index (χ3v) is 1.19. The highest BCUT2D eigenvalue weighted by Crippen LogP contribution is 2.12. The van der Waals surface area contributed by atoms with Crippen molar-refractivity contribution in [2.75, 3.05) is 0 Å². The molecule has 0 aliphatic carbocycles. The van der Waals surface area contributed by atoms with Crippen molar-refractivity contribution in [3.8, 4) is 0 Å². The van der Waals surface area contributed by atoms with Gasteiger partial charge in [-0.05, 0) is 13.0 Å². The lowest BCUT2D eigenvalue weighted by Crippen LogP contribution is -1.99. The van der Waals surface area contributed by atoms with E-state index < -0.39 is 0 Å². The Kier molecular flexibility index (Phi) is 4.29. The summed E-state index contributed by atoms with van der Waals surface area (Å²) in [5.41, 5.74) is 0.